The van der Waals surface area contributed by atoms with Crippen LogP contribution in [0.5, 0.6) is 0 Å². The lowest BCUT2D eigenvalue weighted by Crippen LogP contribution is -2.11. The molecule has 0 unspecified atom stereocenters. The maximum Gasteiger partial charge on any atom is 0.330 e. The third-order valence-corrected chi connectivity index (χ3v) is 2.08. The molecule has 0 atom stereocenters. The zero-order valence-electron chi connectivity index (χ0n) is 6.80. The van der Waals surface area contributed by atoms with Crippen LogP contribution in [0, 0.1) is 0 Å². The summed E-state index contributed by atoms with van der Waals surface area (Å²) in [7, 11) is -3.89. The minimum atomic E-state index is -3.89. The van der Waals surface area contributed by atoms with Crippen molar-refractivity contribution >= 4 is 16.1 Å². The zero-order chi connectivity index (χ0) is 10.3. The van der Waals surface area contributed by atoms with Gasteiger partial charge in [0.05, 0.1) is 12.4 Å². The molecule has 0 saturated heterocycles. The first kappa shape index (κ1) is 12.1. The van der Waals surface area contributed by atoms with Gasteiger partial charge < -0.3 is 4.74 Å². The molecule has 76 valence electrons. The van der Waals surface area contributed by atoms with Gasteiger partial charge in [0.15, 0.2) is 0 Å². The molecule has 13 heavy (non-hydrogen) atoms. The van der Waals surface area contributed by atoms with Crippen molar-refractivity contribution in [1.82, 2.24) is 0 Å². The van der Waals surface area contributed by atoms with Crippen molar-refractivity contribution in [2.75, 3.05) is 12.4 Å². The van der Waals surface area contributed by atoms with Crippen molar-refractivity contribution in [2.24, 2.45) is 0 Å². The molecular weight excluding hydrogens is 200 g/mol. The Morgan fingerprint density at radius 3 is 2.62 bits per heavy atom. The Hall–Kier alpha value is -0.920. The van der Waals surface area contributed by atoms with Gasteiger partial charge in [-0.05, 0) is 6.42 Å². The Morgan fingerprint density at radius 1 is 1.54 bits per heavy atom. The van der Waals surface area contributed by atoms with Crippen molar-refractivity contribution in [3.05, 3.63) is 12.7 Å². The Labute approximate surface area is 75.8 Å². The quantitative estimate of drug-likeness (QED) is 0.217. The summed E-state index contributed by atoms with van der Waals surface area (Å²) in [5.74, 6) is -1.03. The number of carbonyl (C=O) groups is 1. The van der Waals surface area contributed by atoms with Crippen LogP contribution in [0.25, 0.3) is 0 Å². The van der Waals surface area contributed by atoms with Crippen molar-refractivity contribution in [2.45, 2.75) is 6.42 Å². The highest BCUT2D eigenvalue weighted by molar-refractivity contribution is 7.86. The second-order valence-corrected chi connectivity index (χ2v) is 3.73. The zero-order valence-corrected chi connectivity index (χ0v) is 7.62. The topological polar surface area (TPSA) is 89.9 Å². The first-order chi connectivity index (χ1) is 6.02. The predicted octanol–water partition coefficient (Wildman–Crippen LogP) is -0.0749. The summed E-state index contributed by atoms with van der Waals surface area (Å²) in [4.78, 5) is 10.4. The molecule has 0 aromatic heterocycles. The molecule has 0 fully saturated rings. The van der Waals surface area contributed by atoms with Crippen LogP contribution in [0.2, 0.25) is 0 Å². The summed E-state index contributed by atoms with van der Waals surface area (Å²) >= 11 is 0. The number of rotatable bonds is 6. The van der Waals surface area contributed by atoms with E-state index < -0.39 is 21.8 Å². The molecule has 7 heteroatoms. The van der Waals surface area contributed by atoms with Crippen molar-refractivity contribution in [3.63, 3.8) is 0 Å². The fraction of sp³-hybridized carbons (Fsp3) is 0.500. The van der Waals surface area contributed by atoms with Gasteiger partial charge in [0.1, 0.15) is 0 Å². The molecule has 0 spiro atoms. The summed E-state index contributed by atoms with van der Waals surface area (Å²) in [5, 5.41) is 7.84. The minimum Gasteiger partial charge on any atom is -0.463 e. The standard InChI is InChI=1S/C6H10O6S/c1-2-6(7)11-4-3-5-13(9,10)12-8/h2,8H,1,3-5H2. The van der Waals surface area contributed by atoms with Gasteiger partial charge in [-0.2, -0.15) is 8.42 Å². The average Bonchev–Trinajstić information content (AvgIpc) is 2.12. The molecule has 0 rings (SSSR count). The van der Waals surface area contributed by atoms with E-state index >= 15 is 0 Å². The van der Waals surface area contributed by atoms with Gasteiger partial charge in [0, 0.05) is 6.08 Å². The number of ether oxygens (including phenoxy) is 1. The van der Waals surface area contributed by atoms with E-state index in [1.54, 1.807) is 0 Å². The minimum absolute atomic E-state index is 0.0580. The fourth-order valence-electron chi connectivity index (χ4n) is 0.505. The number of carbonyl (C=O) groups excluding carboxylic acids is 1. The molecule has 0 aromatic rings. The second kappa shape index (κ2) is 5.68. The summed E-state index contributed by atoms with van der Waals surface area (Å²) < 4.78 is 28.6. The van der Waals surface area contributed by atoms with Crippen LogP contribution in [0.15, 0.2) is 12.7 Å². The molecular formula is C6H10O6S. The Morgan fingerprint density at radius 2 is 2.15 bits per heavy atom. The van der Waals surface area contributed by atoms with Crippen LogP contribution in [-0.4, -0.2) is 32.0 Å². The normalized spacial score (nSPS) is 10.8. The van der Waals surface area contributed by atoms with Crippen molar-refractivity contribution in [1.29, 1.82) is 0 Å². The summed E-state index contributed by atoms with van der Waals surface area (Å²) in [6.45, 7) is 3.08. The molecule has 1 N–H and O–H groups in total. The van der Waals surface area contributed by atoms with E-state index in [1.807, 2.05) is 0 Å². The number of esters is 1. The monoisotopic (exact) mass is 210 g/mol. The largest absolute Gasteiger partial charge is 0.463 e. The smallest absolute Gasteiger partial charge is 0.330 e. The Bertz CT molecular complexity index is 267. The van der Waals surface area contributed by atoms with Crippen LogP contribution in [0.3, 0.4) is 0 Å². The molecule has 0 radical (unpaired) electrons. The second-order valence-electron chi connectivity index (χ2n) is 2.06. The SMILES string of the molecule is C=CC(=O)OCCCS(=O)(=O)OO. The van der Waals surface area contributed by atoms with Gasteiger partial charge in [-0.15, -0.1) is 4.33 Å². The van der Waals surface area contributed by atoms with Gasteiger partial charge in [-0.3, -0.25) is 0 Å². The molecule has 0 bridgehead atoms. The van der Waals surface area contributed by atoms with Gasteiger partial charge in [-0.25, -0.2) is 10.1 Å². The molecule has 0 aliphatic carbocycles. The molecule has 0 aliphatic rings. The van der Waals surface area contributed by atoms with E-state index in [1.165, 1.54) is 0 Å². The highest BCUT2D eigenvalue weighted by Crippen LogP contribution is 1.94. The summed E-state index contributed by atoms with van der Waals surface area (Å²) in [5.41, 5.74) is 0. The van der Waals surface area contributed by atoms with E-state index in [2.05, 4.69) is 15.6 Å². The number of hydrogen-bond donors (Lipinski definition) is 1. The van der Waals surface area contributed by atoms with Crippen molar-refractivity contribution in [3.8, 4) is 0 Å². The molecule has 6 nitrogen and oxygen atoms in total. The molecule has 0 heterocycles. The van der Waals surface area contributed by atoms with Gasteiger partial charge in [-0.1, -0.05) is 6.58 Å². The lowest BCUT2D eigenvalue weighted by Gasteiger charge is -2.00. The van der Waals surface area contributed by atoms with Crippen LogP contribution < -0.4 is 0 Å². The first-order valence-corrected chi connectivity index (χ1v) is 4.94. The van der Waals surface area contributed by atoms with Gasteiger partial charge >= 0.3 is 5.97 Å². The molecule has 0 amide bonds. The lowest BCUT2D eigenvalue weighted by molar-refractivity contribution is -0.138. The van der Waals surface area contributed by atoms with E-state index in [0.717, 1.165) is 6.08 Å². The van der Waals surface area contributed by atoms with Crippen LogP contribution in [0.1, 0.15) is 6.42 Å². The number of hydrogen-bond acceptors (Lipinski definition) is 6. The highest BCUT2D eigenvalue weighted by Gasteiger charge is 2.09. The summed E-state index contributed by atoms with van der Waals surface area (Å²) in [6.07, 6.45) is 1.03. The van der Waals surface area contributed by atoms with Gasteiger partial charge in [0.2, 0.25) is 0 Å². The highest BCUT2D eigenvalue weighted by atomic mass is 32.2. The molecule has 0 aliphatic heterocycles. The molecule has 0 aromatic carbocycles. The first-order valence-electron chi connectivity index (χ1n) is 3.37. The third kappa shape index (κ3) is 6.26. The van der Waals surface area contributed by atoms with Crippen LogP contribution in [-0.2, 0) is 24.0 Å². The van der Waals surface area contributed by atoms with E-state index in [4.69, 9.17) is 5.26 Å². The van der Waals surface area contributed by atoms with Gasteiger partial charge in [0.25, 0.3) is 10.1 Å². The summed E-state index contributed by atoms with van der Waals surface area (Å²) in [6, 6.07) is 0. The predicted molar refractivity (Wildman–Crippen MR) is 43.3 cm³/mol. The van der Waals surface area contributed by atoms with E-state index in [-0.39, 0.29) is 13.0 Å². The van der Waals surface area contributed by atoms with Crippen LogP contribution in [0.4, 0.5) is 0 Å². The fourth-order valence-corrected chi connectivity index (χ4v) is 1.05. The Kier molecular flexibility index (Phi) is 5.28. The van der Waals surface area contributed by atoms with E-state index in [0.29, 0.717) is 0 Å². The average molecular weight is 210 g/mol. The van der Waals surface area contributed by atoms with E-state index in [9.17, 15) is 13.2 Å². The van der Waals surface area contributed by atoms with Crippen molar-refractivity contribution < 1.29 is 27.5 Å². The third-order valence-electron chi connectivity index (χ3n) is 1.06. The lowest BCUT2D eigenvalue weighted by atomic mass is 10.5. The van der Waals surface area contributed by atoms with Crippen LogP contribution >= 0.6 is 0 Å². The maximum atomic E-state index is 10.5. The maximum absolute atomic E-state index is 10.5. The molecule has 0 saturated carbocycles. The Balaban J connectivity index is 3.58.